The lowest BCUT2D eigenvalue weighted by Gasteiger charge is -2.36. The molecule has 0 radical (unpaired) electrons. The van der Waals surface area contributed by atoms with E-state index in [1.165, 1.54) is 15.6 Å². The van der Waals surface area contributed by atoms with E-state index in [-0.39, 0.29) is 0 Å². The maximum Gasteiger partial charge on any atom is 0.277 e. The van der Waals surface area contributed by atoms with E-state index in [1.54, 1.807) is 0 Å². The molecule has 1 nitrogen and oxygen atoms in total. The molecule has 0 N–H and O–H groups in total. The Hall–Kier alpha value is -1.95. The van der Waals surface area contributed by atoms with Crippen LogP contribution in [0.3, 0.4) is 0 Å². The standard InChI is InChI=1S/C22H26OSi2/c1-3-24(4-2)23-25(20-14-8-5-9-15-20,21-16-10-6-11-17-21)22-18-12-7-13-19-22/h5-19,24H,3-4H2,1-2H3. The summed E-state index contributed by atoms with van der Waals surface area (Å²) in [6.45, 7) is 4.56. The molecule has 0 amide bonds. The van der Waals surface area contributed by atoms with Crippen molar-refractivity contribution in [2.24, 2.45) is 0 Å². The molecule has 0 bridgehead atoms. The van der Waals surface area contributed by atoms with Crippen LogP contribution in [0.5, 0.6) is 0 Å². The Bertz CT molecular complexity index is 659. The van der Waals surface area contributed by atoms with Crippen LogP contribution in [0.4, 0.5) is 0 Å². The van der Waals surface area contributed by atoms with Crippen LogP contribution in [0.2, 0.25) is 12.1 Å². The minimum absolute atomic E-state index is 1.16. The van der Waals surface area contributed by atoms with Gasteiger partial charge < -0.3 is 4.12 Å². The van der Waals surface area contributed by atoms with Crippen molar-refractivity contribution >= 4 is 32.9 Å². The first kappa shape index (κ1) is 17.9. The Morgan fingerprint density at radius 1 is 0.600 bits per heavy atom. The van der Waals surface area contributed by atoms with Crippen molar-refractivity contribution in [1.82, 2.24) is 0 Å². The molecule has 0 saturated heterocycles. The fourth-order valence-electron chi connectivity index (χ4n) is 3.43. The van der Waals surface area contributed by atoms with E-state index in [0.29, 0.717) is 0 Å². The predicted molar refractivity (Wildman–Crippen MR) is 113 cm³/mol. The Balaban J connectivity index is 2.27. The lowest BCUT2D eigenvalue weighted by molar-refractivity contribution is 0.588. The van der Waals surface area contributed by atoms with Gasteiger partial charge in [0.25, 0.3) is 8.32 Å². The SMILES string of the molecule is CC[SiH](CC)O[Si](c1ccccc1)(c1ccccc1)c1ccccc1. The zero-order chi connectivity index (χ0) is 17.5. The first-order valence-electron chi connectivity index (χ1n) is 9.15. The third-order valence-electron chi connectivity index (χ3n) is 4.80. The van der Waals surface area contributed by atoms with E-state index in [0.717, 1.165) is 12.1 Å². The van der Waals surface area contributed by atoms with Gasteiger partial charge in [0.05, 0.1) is 0 Å². The normalized spacial score (nSPS) is 11.6. The quantitative estimate of drug-likeness (QED) is 0.462. The molecule has 0 spiro atoms. The second kappa shape index (κ2) is 8.43. The maximum atomic E-state index is 7.17. The third-order valence-corrected chi connectivity index (χ3v) is 12.8. The van der Waals surface area contributed by atoms with Gasteiger partial charge in [-0.15, -0.1) is 0 Å². The zero-order valence-corrected chi connectivity index (χ0v) is 17.2. The van der Waals surface area contributed by atoms with Crippen molar-refractivity contribution in [2.45, 2.75) is 25.9 Å². The van der Waals surface area contributed by atoms with E-state index in [4.69, 9.17) is 4.12 Å². The van der Waals surface area contributed by atoms with Gasteiger partial charge in [-0.2, -0.15) is 0 Å². The first-order chi connectivity index (χ1) is 12.3. The van der Waals surface area contributed by atoms with Gasteiger partial charge in [0.1, 0.15) is 0 Å². The average molecular weight is 363 g/mol. The van der Waals surface area contributed by atoms with E-state index < -0.39 is 17.4 Å². The lowest BCUT2D eigenvalue weighted by atomic mass is 10.3. The summed E-state index contributed by atoms with van der Waals surface area (Å²) >= 11 is 0. The molecule has 3 rings (SSSR count). The smallest absolute Gasteiger partial charge is 0.277 e. The highest BCUT2D eigenvalue weighted by Gasteiger charge is 2.42. The molecule has 128 valence electrons. The van der Waals surface area contributed by atoms with Crippen LogP contribution >= 0.6 is 0 Å². The molecule has 0 aromatic heterocycles. The van der Waals surface area contributed by atoms with Gasteiger partial charge in [-0.25, -0.2) is 0 Å². The average Bonchev–Trinajstić information content (AvgIpc) is 2.71. The molecule has 3 aromatic rings. The summed E-state index contributed by atoms with van der Waals surface area (Å²) in [5, 5.41) is 4.02. The van der Waals surface area contributed by atoms with Crippen LogP contribution in [0.1, 0.15) is 13.8 Å². The summed E-state index contributed by atoms with van der Waals surface area (Å²) in [6, 6.07) is 35.0. The Morgan fingerprint density at radius 2 is 0.920 bits per heavy atom. The molecule has 3 aromatic carbocycles. The molecule has 25 heavy (non-hydrogen) atoms. The highest BCUT2D eigenvalue weighted by atomic mass is 28.4. The molecule has 0 heterocycles. The molecule has 0 aliphatic rings. The molecular weight excluding hydrogens is 336 g/mol. The topological polar surface area (TPSA) is 9.23 Å². The van der Waals surface area contributed by atoms with Crippen molar-refractivity contribution < 1.29 is 4.12 Å². The summed E-state index contributed by atoms with van der Waals surface area (Å²) in [4.78, 5) is 0. The largest absolute Gasteiger partial charge is 0.448 e. The van der Waals surface area contributed by atoms with Crippen LogP contribution in [0.25, 0.3) is 0 Å². The van der Waals surface area contributed by atoms with Crippen molar-refractivity contribution in [3.8, 4) is 0 Å². The van der Waals surface area contributed by atoms with E-state index in [9.17, 15) is 0 Å². The predicted octanol–water partition coefficient (Wildman–Crippen LogP) is 3.43. The number of rotatable bonds is 7. The van der Waals surface area contributed by atoms with Gasteiger partial charge in [0.15, 0.2) is 9.04 Å². The minimum Gasteiger partial charge on any atom is -0.448 e. The number of benzene rings is 3. The van der Waals surface area contributed by atoms with Crippen LogP contribution < -0.4 is 15.6 Å². The zero-order valence-electron chi connectivity index (χ0n) is 15.1. The Morgan fingerprint density at radius 3 is 1.20 bits per heavy atom. The van der Waals surface area contributed by atoms with Crippen molar-refractivity contribution in [2.75, 3.05) is 0 Å². The molecule has 3 heteroatoms. The monoisotopic (exact) mass is 362 g/mol. The maximum absolute atomic E-state index is 7.17. The highest BCUT2D eigenvalue weighted by Crippen LogP contribution is 2.14. The van der Waals surface area contributed by atoms with Crippen molar-refractivity contribution in [1.29, 1.82) is 0 Å². The van der Waals surface area contributed by atoms with Gasteiger partial charge >= 0.3 is 0 Å². The van der Waals surface area contributed by atoms with Gasteiger partial charge in [0, 0.05) is 0 Å². The summed E-state index contributed by atoms with van der Waals surface area (Å²) in [5.41, 5.74) is 0. The summed E-state index contributed by atoms with van der Waals surface area (Å²) in [5.74, 6) is 0. The number of hydrogen-bond acceptors (Lipinski definition) is 1. The Labute approximate surface area is 154 Å². The summed E-state index contributed by atoms with van der Waals surface area (Å²) in [7, 11) is -3.73. The van der Waals surface area contributed by atoms with Gasteiger partial charge in [-0.3, -0.25) is 0 Å². The van der Waals surface area contributed by atoms with Crippen LogP contribution in [-0.4, -0.2) is 17.4 Å². The van der Waals surface area contributed by atoms with Crippen molar-refractivity contribution in [3.05, 3.63) is 91.0 Å². The number of hydrogen-bond donors (Lipinski definition) is 0. The minimum atomic E-state index is -2.47. The summed E-state index contributed by atoms with van der Waals surface area (Å²) in [6.07, 6.45) is 0. The highest BCUT2D eigenvalue weighted by molar-refractivity contribution is 7.09. The van der Waals surface area contributed by atoms with Crippen LogP contribution in [-0.2, 0) is 4.12 Å². The lowest BCUT2D eigenvalue weighted by Crippen LogP contribution is -2.70. The molecular formula is C22H26OSi2. The molecule has 0 unspecified atom stereocenters. The second-order valence-electron chi connectivity index (χ2n) is 6.34. The fourth-order valence-corrected chi connectivity index (χ4v) is 12.0. The first-order valence-corrected chi connectivity index (χ1v) is 13.2. The fraction of sp³-hybridized carbons (Fsp3) is 0.182. The Kier molecular flexibility index (Phi) is 6.02. The van der Waals surface area contributed by atoms with E-state index in [2.05, 4.69) is 105 Å². The van der Waals surface area contributed by atoms with Gasteiger partial charge in [-0.05, 0) is 27.6 Å². The van der Waals surface area contributed by atoms with Crippen LogP contribution in [0, 0.1) is 0 Å². The van der Waals surface area contributed by atoms with Gasteiger partial charge in [-0.1, -0.05) is 105 Å². The van der Waals surface area contributed by atoms with Crippen molar-refractivity contribution in [3.63, 3.8) is 0 Å². The molecule has 0 fully saturated rings. The van der Waals surface area contributed by atoms with E-state index >= 15 is 0 Å². The second-order valence-corrected chi connectivity index (χ2v) is 13.2. The third kappa shape index (κ3) is 3.69. The molecule has 0 saturated carbocycles. The molecule has 0 aliphatic heterocycles. The van der Waals surface area contributed by atoms with Crippen LogP contribution in [0.15, 0.2) is 91.0 Å². The summed E-state index contributed by atoms with van der Waals surface area (Å²) < 4.78 is 7.17. The molecule has 0 aliphatic carbocycles. The van der Waals surface area contributed by atoms with E-state index in [1.807, 2.05) is 0 Å². The molecule has 0 atom stereocenters. The van der Waals surface area contributed by atoms with Gasteiger partial charge in [0.2, 0.25) is 0 Å².